The summed E-state index contributed by atoms with van der Waals surface area (Å²) in [5.74, 6) is 0.385. The molecule has 0 unspecified atom stereocenters. The van der Waals surface area contributed by atoms with Crippen molar-refractivity contribution in [2.75, 3.05) is 12.4 Å². The van der Waals surface area contributed by atoms with Gasteiger partial charge in [0.15, 0.2) is 0 Å². The van der Waals surface area contributed by atoms with Gasteiger partial charge in [0.1, 0.15) is 5.69 Å². The Morgan fingerprint density at radius 1 is 1.41 bits per heavy atom. The van der Waals surface area contributed by atoms with Gasteiger partial charge in [-0.05, 0) is 38.5 Å². The van der Waals surface area contributed by atoms with Crippen LogP contribution in [0.1, 0.15) is 23.9 Å². The number of urea groups is 1. The third-order valence-corrected chi connectivity index (χ3v) is 3.08. The molecule has 118 valence electrons. The average Bonchev–Trinajstić information content (AvgIpc) is 2.83. The third-order valence-electron chi connectivity index (χ3n) is 3.08. The highest BCUT2D eigenvalue weighted by atomic mass is 16.5. The van der Waals surface area contributed by atoms with Gasteiger partial charge < -0.3 is 15.4 Å². The predicted molar refractivity (Wildman–Crippen MR) is 84.2 cm³/mol. The highest BCUT2D eigenvalue weighted by Crippen LogP contribution is 2.21. The van der Waals surface area contributed by atoms with Crippen LogP contribution in [0.5, 0.6) is 5.88 Å². The Morgan fingerprint density at radius 2 is 2.18 bits per heavy atom. The molecule has 0 saturated carbocycles. The summed E-state index contributed by atoms with van der Waals surface area (Å²) in [5.41, 5.74) is 3.40. The van der Waals surface area contributed by atoms with Gasteiger partial charge in [-0.3, -0.25) is 5.10 Å². The van der Waals surface area contributed by atoms with E-state index in [2.05, 4.69) is 25.8 Å². The van der Waals surface area contributed by atoms with Crippen molar-refractivity contribution in [3.05, 3.63) is 35.3 Å². The first-order valence-electron chi connectivity index (χ1n) is 7.07. The van der Waals surface area contributed by atoms with Crippen LogP contribution >= 0.6 is 0 Å². The van der Waals surface area contributed by atoms with Gasteiger partial charge in [-0.25, -0.2) is 9.78 Å². The average molecular weight is 303 g/mol. The molecular weight excluding hydrogens is 282 g/mol. The summed E-state index contributed by atoms with van der Waals surface area (Å²) < 4.78 is 5.14. The zero-order valence-electron chi connectivity index (χ0n) is 13.2. The number of pyridine rings is 1. The number of carbonyl (C=O) groups excluding carboxylic acids is 1. The molecule has 2 aromatic rings. The molecule has 1 atom stereocenters. The molecule has 0 aliphatic heterocycles. The van der Waals surface area contributed by atoms with E-state index in [4.69, 9.17) is 4.74 Å². The van der Waals surface area contributed by atoms with Gasteiger partial charge in [0.25, 0.3) is 0 Å². The highest BCUT2D eigenvalue weighted by Gasteiger charge is 2.12. The van der Waals surface area contributed by atoms with Crippen molar-refractivity contribution < 1.29 is 9.53 Å². The van der Waals surface area contributed by atoms with E-state index in [9.17, 15) is 4.79 Å². The van der Waals surface area contributed by atoms with Crippen molar-refractivity contribution in [3.63, 3.8) is 0 Å². The standard InChI is InChI=1S/C15H21N5O2/c1-9-5-13(14(22-4)16-8-9)18-15(21)17-10(2)6-12-7-11(3)19-20-12/h5,7-8,10H,6H2,1-4H3,(H,19,20)(H2,17,18,21)/t10-/m1/s1. The van der Waals surface area contributed by atoms with Crippen molar-refractivity contribution in [1.82, 2.24) is 20.5 Å². The van der Waals surface area contributed by atoms with Gasteiger partial charge in [-0.2, -0.15) is 5.10 Å². The molecule has 0 spiro atoms. The lowest BCUT2D eigenvalue weighted by atomic mass is 10.2. The molecule has 2 amide bonds. The molecule has 7 nitrogen and oxygen atoms in total. The number of ether oxygens (including phenoxy) is 1. The quantitative estimate of drug-likeness (QED) is 0.789. The number of hydrogen-bond donors (Lipinski definition) is 3. The van der Waals surface area contributed by atoms with Gasteiger partial charge in [0, 0.05) is 24.4 Å². The highest BCUT2D eigenvalue weighted by molar-refractivity contribution is 5.90. The Kier molecular flexibility index (Phi) is 4.98. The second-order valence-electron chi connectivity index (χ2n) is 5.32. The molecule has 2 aromatic heterocycles. The van der Waals surface area contributed by atoms with E-state index in [1.54, 1.807) is 6.20 Å². The van der Waals surface area contributed by atoms with E-state index in [-0.39, 0.29) is 12.1 Å². The van der Waals surface area contributed by atoms with Crippen LogP contribution in [0.3, 0.4) is 0 Å². The van der Waals surface area contributed by atoms with E-state index in [0.29, 0.717) is 18.0 Å². The molecule has 7 heteroatoms. The van der Waals surface area contributed by atoms with Crippen LogP contribution in [-0.4, -0.2) is 34.4 Å². The summed E-state index contributed by atoms with van der Waals surface area (Å²) in [5, 5.41) is 12.7. The lowest BCUT2D eigenvalue weighted by molar-refractivity contribution is 0.249. The molecule has 0 radical (unpaired) electrons. The third kappa shape index (κ3) is 4.21. The second-order valence-corrected chi connectivity index (χ2v) is 5.32. The molecule has 2 rings (SSSR count). The number of aryl methyl sites for hydroxylation is 2. The molecule has 2 heterocycles. The molecule has 22 heavy (non-hydrogen) atoms. The van der Waals surface area contributed by atoms with Crippen LogP contribution in [-0.2, 0) is 6.42 Å². The minimum atomic E-state index is -0.301. The molecule has 0 bridgehead atoms. The fraction of sp³-hybridized carbons (Fsp3) is 0.400. The Bertz CT molecular complexity index is 653. The summed E-state index contributed by atoms with van der Waals surface area (Å²) >= 11 is 0. The van der Waals surface area contributed by atoms with E-state index < -0.39 is 0 Å². The van der Waals surface area contributed by atoms with E-state index in [0.717, 1.165) is 17.0 Å². The number of H-pyrrole nitrogens is 1. The monoisotopic (exact) mass is 303 g/mol. The zero-order valence-corrected chi connectivity index (χ0v) is 13.2. The van der Waals surface area contributed by atoms with Crippen molar-refractivity contribution in [1.29, 1.82) is 0 Å². The normalized spacial score (nSPS) is 11.8. The Balaban J connectivity index is 1.93. The molecule has 0 aliphatic rings. The Hall–Kier alpha value is -2.57. The van der Waals surface area contributed by atoms with Gasteiger partial charge in [0.2, 0.25) is 5.88 Å². The molecule has 3 N–H and O–H groups in total. The molecule has 0 aliphatic carbocycles. The number of hydrogen-bond acceptors (Lipinski definition) is 4. The van der Waals surface area contributed by atoms with Crippen molar-refractivity contribution in [3.8, 4) is 5.88 Å². The zero-order chi connectivity index (χ0) is 16.1. The van der Waals surface area contributed by atoms with Crippen molar-refractivity contribution >= 4 is 11.7 Å². The van der Waals surface area contributed by atoms with Gasteiger partial charge in [-0.15, -0.1) is 0 Å². The minimum absolute atomic E-state index is 0.0496. The van der Waals surface area contributed by atoms with Gasteiger partial charge in [-0.1, -0.05) is 0 Å². The van der Waals surface area contributed by atoms with Crippen LogP contribution in [0.4, 0.5) is 10.5 Å². The van der Waals surface area contributed by atoms with Crippen LogP contribution in [0.25, 0.3) is 0 Å². The number of amides is 2. The fourth-order valence-electron chi connectivity index (χ4n) is 2.13. The van der Waals surface area contributed by atoms with Crippen LogP contribution in [0.2, 0.25) is 0 Å². The number of rotatable bonds is 5. The number of nitrogens with zero attached hydrogens (tertiary/aromatic N) is 2. The van der Waals surface area contributed by atoms with Crippen molar-refractivity contribution in [2.45, 2.75) is 33.2 Å². The maximum Gasteiger partial charge on any atom is 0.319 e. The second kappa shape index (κ2) is 6.93. The van der Waals surface area contributed by atoms with E-state index in [1.807, 2.05) is 32.9 Å². The molecule has 0 saturated heterocycles. The number of carbonyl (C=O) groups is 1. The maximum absolute atomic E-state index is 12.1. The number of aromatic nitrogens is 3. The van der Waals surface area contributed by atoms with E-state index in [1.165, 1.54) is 7.11 Å². The maximum atomic E-state index is 12.1. The lowest BCUT2D eigenvalue weighted by Gasteiger charge is -2.15. The summed E-state index contributed by atoms with van der Waals surface area (Å²) in [6.45, 7) is 5.77. The SMILES string of the molecule is COc1ncc(C)cc1NC(=O)N[C@H](C)Cc1cc(C)[nH]n1. The van der Waals surface area contributed by atoms with Crippen LogP contribution < -0.4 is 15.4 Å². The van der Waals surface area contributed by atoms with Gasteiger partial charge in [0.05, 0.1) is 12.8 Å². The molecular formula is C15H21N5O2. The first kappa shape index (κ1) is 15.8. The Morgan fingerprint density at radius 3 is 2.82 bits per heavy atom. The fourth-order valence-corrected chi connectivity index (χ4v) is 2.13. The largest absolute Gasteiger partial charge is 0.480 e. The number of aromatic amines is 1. The smallest absolute Gasteiger partial charge is 0.319 e. The predicted octanol–water partition coefficient (Wildman–Crippen LogP) is 2.18. The first-order valence-corrected chi connectivity index (χ1v) is 7.07. The topological polar surface area (TPSA) is 91.9 Å². The molecule has 0 aromatic carbocycles. The van der Waals surface area contributed by atoms with Crippen molar-refractivity contribution in [2.24, 2.45) is 0 Å². The summed E-state index contributed by atoms with van der Waals surface area (Å²) in [4.78, 5) is 16.2. The number of methoxy groups -OCH3 is 1. The summed E-state index contributed by atoms with van der Waals surface area (Å²) in [6.07, 6.45) is 2.34. The molecule has 0 fully saturated rings. The number of anilines is 1. The van der Waals surface area contributed by atoms with Crippen LogP contribution in [0.15, 0.2) is 18.3 Å². The van der Waals surface area contributed by atoms with E-state index >= 15 is 0 Å². The lowest BCUT2D eigenvalue weighted by Crippen LogP contribution is -2.37. The first-order chi connectivity index (χ1) is 10.5. The minimum Gasteiger partial charge on any atom is -0.480 e. The summed E-state index contributed by atoms with van der Waals surface area (Å²) in [7, 11) is 1.52. The van der Waals surface area contributed by atoms with Crippen LogP contribution in [0, 0.1) is 13.8 Å². The summed E-state index contributed by atoms with van der Waals surface area (Å²) in [6, 6.07) is 3.42. The Labute approximate surface area is 129 Å². The van der Waals surface area contributed by atoms with Gasteiger partial charge >= 0.3 is 6.03 Å². The number of nitrogens with one attached hydrogen (secondary N) is 3.